The molecule has 1 aliphatic rings. The van der Waals surface area contributed by atoms with Crippen molar-refractivity contribution in [2.75, 3.05) is 19.7 Å². The van der Waals surface area contributed by atoms with Gasteiger partial charge >= 0.3 is 11.9 Å². The Hall–Kier alpha value is -3.46. The van der Waals surface area contributed by atoms with E-state index in [4.69, 9.17) is 19.7 Å². The number of hydrogen-bond acceptors (Lipinski definition) is 6. The van der Waals surface area contributed by atoms with Crippen molar-refractivity contribution in [3.63, 3.8) is 0 Å². The number of aliphatic carboxylic acids is 2. The molecule has 2 aromatic rings. The summed E-state index contributed by atoms with van der Waals surface area (Å²) in [6.45, 7) is 4.40. The van der Waals surface area contributed by atoms with E-state index in [1.54, 1.807) is 25.3 Å². The summed E-state index contributed by atoms with van der Waals surface area (Å²) in [5.41, 5.74) is 0.536. The van der Waals surface area contributed by atoms with Gasteiger partial charge in [0.25, 0.3) is 5.88 Å². The average Bonchev–Trinajstić information content (AvgIpc) is 2.75. The number of carboxylic acid groups (broad SMARTS) is 2. The fraction of sp³-hybridized carbons (Fsp3) is 0.318. The van der Waals surface area contributed by atoms with Gasteiger partial charge in [-0.25, -0.2) is 19.0 Å². The van der Waals surface area contributed by atoms with Gasteiger partial charge in [-0.1, -0.05) is 0 Å². The molecule has 1 fully saturated rings. The summed E-state index contributed by atoms with van der Waals surface area (Å²) in [7, 11) is 0. The highest BCUT2D eigenvalue weighted by Crippen LogP contribution is 2.30. The zero-order valence-corrected chi connectivity index (χ0v) is 17.1. The zero-order valence-electron chi connectivity index (χ0n) is 17.1. The molecule has 0 radical (unpaired) electrons. The van der Waals surface area contributed by atoms with Crippen molar-refractivity contribution in [3.05, 3.63) is 60.1 Å². The third kappa shape index (κ3) is 8.83. The minimum absolute atomic E-state index is 0.250. The van der Waals surface area contributed by atoms with Gasteiger partial charge in [0.05, 0.1) is 6.61 Å². The minimum atomic E-state index is -1.26. The van der Waals surface area contributed by atoms with Crippen LogP contribution in [0.2, 0.25) is 0 Å². The van der Waals surface area contributed by atoms with Gasteiger partial charge in [-0.15, -0.1) is 0 Å². The number of ether oxygens (including phenoxy) is 2. The summed E-state index contributed by atoms with van der Waals surface area (Å²) >= 11 is 0. The van der Waals surface area contributed by atoms with Crippen LogP contribution >= 0.6 is 0 Å². The zero-order chi connectivity index (χ0) is 22.6. The number of hydrogen-bond donors (Lipinski definition) is 3. The first-order valence-electron chi connectivity index (χ1n) is 9.71. The molecule has 8 nitrogen and oxygen atoms in total. The van der Waals surface area contributed by atoms with Crippen molar-refractivity contribution < 1.29 is 33.7 Å². The van der Waals surface area contributed by atoms with E-state index in [1.165, 1.54) is 18.9 Å². The van der Waals surface area contributed by atoms with Crippen molar-refractivity contribution in [1.82, 2.24) is 10.3 Å². The molecule has 0 bridgehead atoms. The largest absolute Gasteiger partial charge is 0.488 e. The lowest BCUT2D eigenvalue weighted by atomic mass is 10.0. The third-order valence-corrected chi connectivity index (χ3v) is 4.32. The van der Waals surface area contributed by atoms with E-state index in [0.29, 0.717) is 47.6 Å². The van der Waals surface area contributed by atoms with E-state index in [1.807, 2.05) is 12.1 Å². The van der Waals surface area contributed by atoms with Crippen LogP contribution in [-0.4, -0.2) is 46.8 Å². The SMILES string of the molecule is Cc1cc(Oc2ncccc2OC[C@H]2CCCNC2)ccc1F.O=C(O)/C=C/C(=O)O. The summed E-state index contributed by atoms with van der Waals surface area (Å²) in [5.74, 6) is -0.696. The summed E-state index contributed by atoms with van der Waals surface area (Å²) in [6.07, 6.45) is 5.12. The molecule has 0 saturated carbocycles. The lowest BCUT2D eigenvalue weighted by Crippen LogP contribution is -2.33. The van der Waals surface area contributed by atoms with E-state index in [-0.39, 0.29) is 5.82 Å². The second kappa shape index (κ2) is 12.3. The molecule has 2 heterocycles. The number of piperidine rings is 1. The van der Waals surface area contributed by atoms with Gasteiger partial charge in [0.2, 0.25) is 0 Å². The van der Waals surface area contributed by atoms with Crippen LogP contribution in [0.3, 0.4) is 0 Å². The standard InChI is InChI=1S/C18H21FN2O2.C4H4O4/c1-13-10-15(6-7-16(13)19)23-18-17(5-3-9-21-18)22-12-14-4-2-8-20-11-14;5-3(6)1-2-4(7)8/h3,5-7,9-10,14,20H,2,4,8,11-12H2,1H3;1-2H,(H,5,6)(H,7,8)/b;2-1+/t14-;/m0./s1. The van der Waals surface area contributed by atoms with Crippen molar-refractivity contribution in [2.24, 2.45) is 5.92 Å². The Balaban J connectivity index is 0.000000366. The van der Waals surface area contributed by atoms with Crippen molar-refractivity contribution >= 4 is 11.9 Å². The highest BCUT2D eigenvalue weighted by molar-refractivity contribution is 5.89. The number of carbonyl (C=O) groups is 2. The second-order valence-electron chi connectivity index (χ2n) is 6.85. The number of benzene rings is 1. The predicted octanol–water partition coefficient (Wildman–Crippen LogP) is 3.41. The number of carboxylic acids is 2. The van der Waals surface area contributed by atoms with Crippen LogP contribution in [0.1, 0.15) is 18.4 Å². The molecule has 1 atom stereocenters. The van der Waals surface area contributed by atoms with E-state index in [2.05, 4.69) is 10.3 Å². The summed E-state index contributed by atoms with van der Waals surface area (Å²) in [5, 5.41) is 19.0. The van der Waals surface area contributed by atoms with E-state index in [0.717, 1.165) is 13.1 Å². The van der Waals surface area contributed by atoms with Crippen LogP contribution in [-0.2, 0) is 9.59 Å². The molecule has 31 heavy (non-hydrogen) atoms. The molecule has 166 valence electrons. The highest BCUT2D eigenvalue weighted by Gasteiger charge is 2.15. The monoisotopic (exact) mass is 432 g/mol. The molecule has 0 amide bonds. The van der Waals surface area contributed by atoms with Crippen LogP contribution in [0, 0.1) is 18.7 Å². The van der Waals surface area contributed by atoms with Crippen LogP contribution in [0.4, 0.5) is 4.39 Å². The fourth-order valence-corrected chi connectivity index (χ4v) is 2.77. The molecular formula is C22H25FN2O6. The molecule has 0 spiro atoms. The van der Waals surface area contributed by atoms with Crippen molar-refractivity contribution in [2.45, 2.75) is 19.8 Å². The summed E-state index contributed by atoms with van der Waals surface area (Å²) in [4.78, 5) is 23.3. The first-order valence-corrected chi connectivity index (χ1v) is 9.71. The van der Waals surface area contributed by atoms with Gasteiger partial charge in [-0.05, 0) is 62.2 Å². The Morgan fingerprint density at radius 3 is 2.61 bits per heavy atom. The Morgan fingerprint density at radius 1 is 1.26 bits per heavy atom. The molecule has 9 heteroatoms. The summed E-state index contributed by atoms with van der Waals surface area (Å²) in [6, 6.07) is 8.29. The Morgan fingerprint density at radius 2 is 2.00 bits per heavy atom. The number of rotatable bonds is 7. The molecule has 3 N–H and O–H groups in total. The van der Waals surface area contributed by atoms with Gasteiger partial charge in [-0.3, -0.25) is 0 Å². The number of nitrogens with one attached hydrogen (secondary N) is 1. The lowest BCUT2D eigenvalue weighted by Gasteiger charge is -2.23. The van der Waals surface area contributed by atoms with Crippen molar-refractivity contribution in [1.29, 1.82) is 0 Å². The van der Waals surface area contributed by atoms with Gasteiger partial charge in [0, 0.05) is 30.8 Å². The van der Waals surface area contributed by atoms with Gasteiger partial charge in [-0.2, -0.15) is 0 Å². The number of halogens is 1. The third-order valence-electron chi connectivity index (χ3n) is 4.32. The molecule has 1 aromatic heterocycles. The quantitative estimate of drug-likeness (QED) is 0.570. The molecule has 1 aromatic carbocycles. The van der Waals surface area contributed by atoms with Crippen LogP contribution < -0.4 is 14.8 Å². The molecule has 1 aliphatic heterocycles. The van der Waals surface area contributed by atoms with Crippen LogP contribution in [0.25, 0.3) is 0 Å². The average molecular weight is 432 g/mol. The molecule has 3 rings (SSSR count). The number of pyridine rings is 1. The van der Waals surface area contributed by atoms with Crippen molar-refractivity contribution in [3.8, 4) is 17.4 Å². The van der Waals surface area contributed by atoms with Crippen LogP contribution in [0.15, 0.2) is 48.7 Å². The van der Waals surface area contributed by atoms with Gasteiger partial charge < -0.3 is 25.0 Å². The molecule has 0 aliphatic carbocycles. The topological polar surface area (TPSA) is 118 Å². The van der Waals surface area contributed by atoms with E-state index >= 15 is 0 Å². The molecule has 1 saturated heterocycles. The predicted molar refractivity (Wildman–Crippen MR) is 111 cm³/mol. The second-order valence-corrected chi connectivity index (χ2v) is 6.85. The molecular weight excluding hydrogens is 407 g/mol. The Bertz CT molecular complexity index is 897. The normalized spacial score (nSPS) is 15.6. The fourth-order valence-electron chi connectivity index (χ4n) is 2.77. The van der Waals surface area contributed by atoms with Gasteiger partial charge in [0.15, 0.2) is 5.75 Å². The maximum Gasteiger partial charge on any atom is 0.328 e. The number of aromatic nitrogens is 1. The Labute approximate surface area is 179 Å². The number of aryl methyl sites for hydroxylation is 1. The maximum absolute atomic E-state index is 13.3. The highest BCUT2D eigenvalue weighted by atomic mass is 19.1. The lowest BCUT2D eigenvalue weighted by molar-refractivity contribution is -0.134. The van der Waals surface area contributed by atoms with Crippen LogP contribution in [0.5, 0.6) is 17.4 Å². The van der Waals surface area contributed by atoms with E-state index < -0.39 is 11.9 Å². The first-order chi connectivity index (χ1) is 14.8. The number of nitrogens with zero attached hydrogens (tertiary/aromatic N) is 1. The van der Waals surface area contributed by atoms with E-state index in [9.17, 15) is 14.0 Å². The smallest absolute Gasteiger partial charge is 0.328 e. The summed E-state index contributed by atoms with van der Waals surface area (Å²) < 4.78 is 25.0. The molecule has 0 unspecified atom stereocenters. The first kappa shape index (κ1) is 23.8. The van der Waals surface area contributed by atoms with Gasteiger partial charge in [0.1, 0.15) is 11.6 Å². The Kier molecular flexibility index (Phi) is 9.44. The maximum atomic E-state index is 13.3. The minimum Gasteiger partial charge on any atom is -0.488 e.